The third kappa shape index (κ3) is 2.47. The highest BCUT2D eigenvalue weighted by atomic mass is 16.3. The van der Waals surface area contributed by atoms with Crippen molar-refractivity contribution in [1.82, 2.24) is 0 Å². The van der Waals surface area contributed by atoms with Gasteiger partial charge in [0.1, 0.15) is 0 Å². The molecule has 0 saturated heterocycles. The lowest BCUT2D eigenvalue weighted by Gasteiger charge is -2.07. The van der Waals surface area contributed by atoms with Gasteiger partial charge in [-0.2, -0.15) is 0 Å². The molecule has 1 aromatic carbocycles. The van der Waals surface area contributed by atoms with E-state index < -0.39 is 6.10 Å². The second-order valence-corrected chi connectivity index (χ2v) is 2.81. The Bertz CT molecular complexity index is 316. The summed E-state index contributed by atoms with van der Waals surface area (Å²) in [4.78, 5) is 0. The van der Waals surface area contributed by atoms with Crippen LogP contribution in [0.4, 0.5) is 0 Å². The Labute approximate surface area is 78.7 Å². The van der Waals surface area contributed by atoms with Gasteiger partial charge < -0.3 is 5.11 Å². The van der Waals surface area contributed by atoms with E-state index in [4.69, 9.17) is 6.42 Å². The summed E-state index contributed by atoms with van der Waals surface area (Å²) in [5.41, 5.74) is 1.70. The van der Waals surface area contributed by atoms with Crippen LogP contribution in [-0.2, 0) is 0 Å². The zero-order valence-corrected chi connectivity index (χ0v) is 7.40. The zero-order valence-electron chi connectivity index (χ0n) is 7.40. The van der Waals surface area contributed by atoms with Crippen molar-refractivity contribution in [3.8, 4) is 12.3 Å². The second kappa shape index (κ2) is 4.49. The van der Waals surface area contributed by atoms with Crippen LogP contribution in [-0.4, -0.2) is 5.11 Å². The molecule has 13 heavy (non-hydrogen) atoms. The summed E-state index contributed by atoms with van der Waals surface area (Å²) >= 11 is 0. The molecule has 0 unspecified atom stereocenters. The molecule has 1 aromatic rings. The summed E-state index contributed by atoms with van der Waals surface area (Å²) in [5, 5.41) is 9.56. The molecular formula is C12H12O. The van der Waals surface area contributed by atoms with E-state index in [0.717, 1.165) is 11.1 Å². The predicted octanol–water partition coefficient (Wildman–Crippen LogP) is 2.28. The summed E-state index contributed by atoms with van der Waals surface area (Å²) in [5.74, 6) is 2.52. The molecule has 1 nitrogen and oxygen atoms in total. The van der Waals surface area contributed by atoms with E-state index in [1.807, 2.05) is 24.3 Å². The molecule has 0 bridgehead atoms. The first-order valence-electron chi connectivity index (χ1n) is 4.13. The Morgan fingerprint density at radius 2 is 2.08 bits per heavy atom. The fourth-order valence-corrected chi connectivity index (χ4v) is 1.10. The smallest absolute Gasteiger partial charge is 0.0824 e. The van der Waals surface area contributed by atoms with Crippen molar-refractivity contribution in [2.75, 3.05) is 0 Å². The van der Waals surface area contributed by atoms with Gasteiger partial charge in [-0.3, -0.25) is 0 Å². The third-order valence-electron chi connectivity index (χ3n) is 1.85. The molecule has 66 valence electrons. The Hall–Kier alpha value is -1.52. The minimum Gasteiger partial charge on any atom is -0.388 e. The van der Waals surface area contributed by atoms with E-state index in [2.05, 4.69) is 12.5 Å². The molecule has 1 rings (SSSR count). The van der Waals surface area contributed by atoms with Crippen LogP contribution in [0.5, 0.6) is 0 Å². The van der Waals surface area contributed by atoms with E-state index in [9.17, 15) is 5.11 Å². The fraction of sp³-hybridized carbons (Fsp3) is 0.167. The quantitative estimate of drug-likeness (QED) is 0.547. The van der Waals surface area contributed by atoms with Crippen molar-refractivity contribution in [2.24, 2.45) is 0 Å². The van der Waals surface area contributed by atoms with Gasteiger partial charge >= 0.3 is 0 Å². The van der Waals surface area contributed by atoms with Gasteiger partial charge in [0.2, 0.25) is 0 Å². The van der Waals surface area contributed by atoms with Gasteiger partial charge in [0, 0.05) is 5.56 Å². The summed E-state index contributed by atoms with van der Waals surface area (Å²) in [6.07, 6.45) is 7.00. The average molecular weight is 172 g/mol. The monoisotopic (exact) mass is 172 g/mol. The molecule has 0 aromatic heterocycles. The van der Waals surface area contributed by atoms with Gasteiger partial charge in [0.25, 0.3) is 0 Å². The maximum Gasteiger partial charge on any atom is 0.0824 e. The summed E-state index contributed by atoms with van der Waals surface area (Å²) in [6, 6.07) is 7.32. The van der Waals surface area contributed by atoms with E-state index in [1.165, 1.54) is 0 Å². The minimum absolute atomic E-state index is 0.468. The van der Waals surface area contributed by atoms with Crippen LogP contribution >= 0.6 is 0 Å². The lowest BCUT2D eigenvalue weighted by atomic mass is 10.1. The van der Waals surface area contributed by atoms with Crippen LogP contribution in [0.15, 0.2) is 36.9 Å². The lowest BCUT2D eigenvalue weighted by Crippen LogP contribution is -1.94. The van der Waals surface area contributed by atoms with Gasteiger partial charge in [0.05, 0.1) is 6.10 Å². The largest absolute Gasteiger partial charge is 0.388 e. The third-order valence-corrected chi connectivity index (χ3v) is 1.85. The highest BCUT2D eigenvalue weighted by Crippen LogP contribution is 2.16. The minimum atomic E-state index is -0.468. The van der Waals surface area contributed by atoms with Crippen molar-refractivity contribution < 1.29 is 5.11 Å². The van der Waals surface area contributed by atoms with Crippen LogP contribution in [0.2, 0.25) is 0 Å². The number of aliphatic hydroxyl groups is 1. The molecule has 0 amide bonds. The zero-order chi connectivity index (χ0) is 9.68. The normalized spacial score (nSPS) is 11.7. The number of hydrogen-bond acceptors (Lipinski definition) is 1. The van der Waals surface area contributed by atoms with Crippen LogP contribution < -0.4 is 0 Å². The molecule has 0 heterocycles. The van der Waals surface area contributed by atoms with Crippen LogP contribution in [0.1, 0.15) is 23.7 Å². The van der Waals surface area contributed by atoms with Crippen molar-refractivity contribution in [3.05, 3.63) is 48.0 Å². The number of terminal acetylenes is 1. The molecular weight excluding hydrogens is 160 g/mol. The molecule has 0 spiro atoms. The molecule has 0 radical (unpaired) electrons. The molecule has 0 aliphatic heterocycles. The summed E-state index contributed by atoms with van der Waals surface area (Å²) < 4.78 is 0. The van der Waals surface area contributed by atoms with Crippen LogP contribution in [0.25, 0.3) is 0 Å². The highest BCUT2D eigenvalue weighted by Gasteiger charge is 2.03. The van der Waals surface area contributed by atoms with E-state index in [0.29, 0.717) is 6.42 Å². The number of benzene rings is 1. The number of hydrogen-bond donors (Lipinski definition) is 1. The number of aliphatic hydroxyl groups excluding tert-OH is 1. The van der Waals surface area contributed by atoms with E-state index >= 15 is 0 Å². The van der Waals surface area contributed by atoms with Crippen molar-refractivity contribution in [2.45, 2.75) is 12.5 Å². The van der Waals surface area contributed by atoms with Crippen molar-refractivity contribution in [1.29, 1.82) is 0 Å². The van der Waals surface area contributed by atoms with Crippen LogP contribution in [0.3, 0.4) is 0 Å². The summed E-state index contributed by atoms with van der Waals surface area (Å²) in [7, 11) is 0. The first kappa shape index (κ1) is 9.57. The molecule has 1 heteroatoms. The maximum absolute atomic E-state index is 9.56. The molecule has 0 saturated carbocycles. The SMILES string of the molecule is C#Cc1ccc([C@@H](O)CC=C)cc1. The van der Waals surface area contributed by atoms with Gasteiger partial charge in [-0.05, 0) is 24.1 Å². The average Bonchev–Trinajstić information content (AvgIpc) is 2.18. The van der Waals surface area contributed by atoms with Crippen molar-refractivity contribution in [3.63, 3.8) is 0 Å². The Morgan fingerprint density at radius 3 is 2.54 bits per heavy atom. The first-order valence-corrected chi connectivity index (χ1v) is 4.13. The maximum atomic E-state index is 9.56. The fourth-order valence-electron chi connectivity index (χ4n) is 1.10. The molecule has 1 atom stereocenters. The first-order chi connectivity index (χ1) is 6.27. The lowest BCUT2D eigenvalue weighted by molar-refractivity contribution is 0.181. The Balaban J connectivity index is 2.80. The molecule has 0 aliphatic rings. The molecule has 0 aliphatic carbocycles. The highest BCUT2D eigenvalue weighted by molar-refractivity contribution is 5.34. The van der Waals surface area contributed by atoms with Crippen molar-refractivity contribution >= 4 is 0 Å². The Kier molecular flexibility index (Phi) is 3.31. The van der Waals surface area contributed by atoms with Gasteiger partial charge in [0.15, 0.2) is 0 Å². The van der Waals surface area contributed by atoms with Gasteiger partial charge in [-0.25, -0.2) is 0 Å². The van der Waals surface area contributed by atoms with Crippen LogP contribution in [0, 0.1) is 12.3 Å². The van der Waals surface area contributed by atoms with Gasteiger partial charge in [-0.1, -0.05) is 24.1 Å². The predicted molar refractivity (Wildman–Crippen MR) is 54.2 cm³/mol. The van der Waals surface area contributed by atoms with E-state index in [1.54, 1.807) is 6.08 Å². The van der Waals surface area contributed by atoms with Gasteiger partial charge in [-0.15, -0.1) is 13.0 Å². The number of rotatable bonds is 3. The molecule has 0 fully saturated rings. The standard InChI is InChI=1S/C12H12O/c1-3-5-12(13)11-8-6-10(4-2)7-9-11/h2-3,6-9,12-13H,1,5H2/t12-/m0/s1. The Morgan fingerprint density at radius 1 is 1.46 bits per heavy atom. The second-order valence-electron chi connectivity index (χ2n) is 2.81. The topological polar surface area (TPSA) is 20.2 Å². The molecule has 1 N–H and O–H groups in total. The van der Waals surface area contributed by atoms with E-state index in [-0.39, 0.29) is 0 Å². The summed E-state index contributed by atoms with van der Waals surface area (Å²) in [6.45, 7) is 3.57.